The van der Waals surface area contributed by atoms with Gasteiger partial charge in [0.05, 0.1) is 4.92 Å². The first-order valence-corrected chi connectivity index (χ1v) is 22.8. The molecule has 76 heavy (non-hydrogen) atoms. The van der Waals surface area contributed by atoms with Gasteiger partial charge < -0.3 is 0 Å². The van der Waals surface area contributed by atoms with Crippen molar-refractivity contribution in [1.29, 1.82) is 0 Å². The lowest BCUT2D eigenvalue weighted by molar-refractivity contribution is -0.384. The Balaban J connectivity index is 0.000000236. The molecular formula is C50H21BF20NO3P. The van der Waals surface area contributed by atoms with E-state index in [4.69, 9.17) is 0 Å². The lowest BCUT2D eigenvalue weighted by Gasteiger charge is -2.44. The Morgan fingerprint density at radius 1 is 0.355 bits per heavy atom. The van der Waals surface area contributed by atoms with Crippen LogP contribution in [0.1, 0.15) is 10.4 Å². The van der Waals surface area contributed by atoms with Crippen LogP contribution < -0.4 is 37.8 Å². The molecule has 26 heteroatoms. The van der Waals surface area contributed by atoms with Crippen molar-refractivity contribution >= 4 is 62.6 Å². The van der Waals surface area contributed by atoms with Gasteiger partial charge in [0.2, 0.25) is 5.78 Å². The third-order valence-electron chi connectivity index (χ3n) is 12.1. The molecule has 0 N–H and O–H groups in total. The minimum absolute atomic E-state index is 0.0751. The van der Waals surface area contributed by atoms with Crippen LogP contribution >= 0.6 is 7.26 Å². The van der Waals surface area contributed by atoms with E-state index in [-0.39, 0.29) is 17.6 Å². The fourth-order valence-corrected chi connectivity index (χ4v) is 12.8. The third-order valence-corrected chi connectivity index (χ3v) is 16.4. The van der Waals surface area contributed by atoms with Crippen LogP contribution in [0.4, 0.5) is 93.5 Å². The summed E-state index contributed by atoms with van der Waals surface area (Å²) in [7, 11) is -2.33. The average molecular weight is 1110 g/mol. The Morgan fingerprint density at radius 2 is 0.592 bits per heavy atom. The quantitative estimate of drug-likeness (QED) is 0.0190. The average Bonchev–Trinajstić information content (AvgIpc) is 3.46. The van der Waals surface area contributed by atoms with Gasteiger partial charge in [-0.2, -0.15) is 0 Å². The number of carbonyl (C=O) groups is 1. The van der Waals surface area contributed by atoms with Crippen LogP contribution in [0.25, 0.3) is 0 Å². The smallest absolute Gasteiger partial charge is 0.270 e. The number of Topliss-reactive ketones (excluding diaryl/α,β-unsaturated/α-hetero) is 1. The van der Waals surface area contributed by atoms with Crippen molar-refractivity contribution in [3.8, 4) is 0 Å². The second kappa shape index (κ2) is 21.3. The van der Waals surface area contributed by atoms with Gasteiger partial charge in [0.15, 0.2) is 69.8 Å². The molecule has 0 aliphatic rings. The van der Waals surface area contributed by atoms with E-state index in [0.29, 0.717) is 5.56 Å². The summed E-state index contributed by atoms with van der Waals surface area (Å²) in [5, 5.41) is 14.5. The number of nitro benzene ring substituents is 1. The fraction of sp³-hybridized carbons (Fsp3) is 0.0200. The van der Waals surface area contributed by atoms with Crippen molar-refractivity contribution in [3.63, 3.8) is 0 Å². The zero-order chi connectivity index (χ0) is 56.0. The van der Waals surface area contributed by atoms with Crippen LogP contribution in [0, 0.1) is 126 Å². The molecule has 8 aromatic carbocycles. The van der Waals surface area contributed by atoms with Crippen LogP contribution in [-0.4, -0.2) is 23.0 Å². The second-order valence-electron chi connectivity index (χ2n) is 16.0. The molecule has 0 spiro atoms. The molecule has 0 heterocycles. The van der Waals surface area contributed by atoms with Crippen LogP contribution in [0.15, 0.2) is 115 Å². The van der Waals surface area contributed by atoms with E-state index in [1.807, 2.05) is 54.6 Å². The monoisotopic (exact) mass is 1110 g/mol. The number of hydrogen-bond acceptors (Lipinski definition) is 3. The molecular weight excluding hydrogens is 1080 g/mol. The first kappa shape index (κ1) is 55.7. The molecule has 0 aliphatic carbocycles. The minimum Gasteiger partial charge on any atom is -0.290 e. The van der Waals surface area contributed by atoms with Gasteiger partial charge in [-0.05, 0) is 36.4 Å². The van der Waals surface area contributed by atoms with Crippen LogP contribution in [-0.2, 0) is 0 Å². The molecule has 8 rings (SSSR count). The SMILES string of the molecule is Fc1c(F)c(F)c([B-](c2c(F)c(F)c(F)c(F)c2F)(c2c(F)c(F)c(F)c(F)c2F)c2c(F)c(F)c(F)c(F)c2F)c(F)c1F.O=C(C[P+](c1ccccc1)(c1ccccc1)c1ccccc1)c1cccc([N+](=O)[O-])c1. The van der Waals surface area contributed by atoms with Gasteiger partial charge in [-0.15, -0.1) is 21.9 Å². The van der Waals surface area contributed by atoms with Crippen LogP contribution in [0.5, 0.6) is 0 Å². The van der Waals surface area contributed by atoms with E-state index >= 15 is 35.1 Å². The molecule has 0 saturated carbocycles. The van der Waals surface area contributed by atoms with Gasteiger partial charge in [-0.25, -0.2) is 87.8 Å². The summed E-state index contributed by atoms with van der Waals surface area (Å²) in [5.74, 6) is -71.5. The first-order chi connectivity index (χ1) is 35.8. The van der Waals surface area contributed by atoms with E-state index in [2.05, 4.69) is 36.4 Å². The van der Waals surface area contributed by atoms with Crippen LogP contribution in [0.2, 0.25) is 0 Å². The van der Waals surface area contributed by atoms with Crippen molar-refractivity contribution in [1.82, 2.24) is 0 Å². The van der Waals surface area contributed by atoms with Gasteiger partial charge in [0.25, 0.3) is 5.69 Å². The molecule has 392 valence electrons. The number of carbonyl (C=O) groups excluding carboxylic acids is 1. The maximum absolute atomic E-state index is 15.4. The Kier molecular flexibility index (Phi) is 15.6. The van der Waals surface area contributed by atoms with E-state index in [1.165, 1.54) is 12.1 Å². The number of hydrogen-bond donors (Lipinski definition) is 0. The van der Waals surface area contributed by atoms with Gasteiger partial charge in [0, 0.05) is 17.7 Å². The summed E-state index contributed by atoms with van der Waals surface area (Å²) in [6.45, 7) is 0. The summed E-state index contributed by atoms with van der Waals surface area (Å²) in [4.78, 5) is 24.3. The second-order valence-corrected chi connectivity index (χ2v) is 19.5. The number of ketones is 1. The number of nitro groups is 1. The summed E-state index contributed by atoms with van der Waals surface area (Å²) in [6.07, 6.45) is -6.96. The number of non-ortho nitro benzene ring substituents is 1. The van der Waals surface area contributed by atoms with Crippen molar-refractivity contribution in [2.24, 2.45) is 0 Å². The molecule has 4 nitrogen and oxygen atoms in total. The number of halogens is 20. The van der Waals surface area contributed by atoms with E-state index in [9.17, 15) is 67.6 Å². The predicted molar refractivity (Wildman–Crippen MR) is 237 cm³/mol. The fourth-order valence-electron chi connectivity index (χ4n) is 8.74. The highest BCUT2D eigenvalue weighted by molar-refractivity contribution is 7.96. The van der Waals surface area contributed by atoms with E-state index < -0.39 is 157 Å². The molecule has 0 unspecified atom stereocenters. The largest absolute Gasteiger partial charge is 0.290 e. The number of rotatable bonds is 11. The summed E-state index contributed by atoms with van der Waals surface area (Å²) < 4.78 is 294. The van der Waals surface area contributed by atoms with Crippen molar-refractivity contribution in [2.75, 3.05) is 6.16 Å². The molecule has 8 aromatic rings. The van der Waals surface area contributed by atoms with E-state index in [1.54, 1.807) is 12.1 Å². The highest BCUT2D eigenvalue weighted by Gasteiger charge is 2.53. The summed E-state index contributed by atoms with van der Waals surface area (Å²) >= 11 is 0. The van der Waals surface area contributed by atoms with Crippen molar-refractivity contribution in [2.45, 2.75) is 0 Å². The molecule has 0 aromatic heterocycles. The Morgan fingerprint density at radius 3 is 0.829 bits per heavy atom. The molecule has 0 radical (unpaired) electrons. The summed E-state index contributed by atoms with van der Waals surface area (Å²) in [6, 6.07) is 36.3. The molecule has 0 aliphatic heterocycles. The van der Waals surface area contributed by atoms with Crippen molar-refractivity contribution in [3.05, 3.63) is 247 Å². The van der Waals surface area contributed by atoms with Crippen LogP contribution in [0.3, 0.4) is 0 Å². The maximum Gasteiger partial charge on any atom is 0.270 e. The molecule has 0 atom stereocenters. The molecule has 0 fully saturated rings. The zero-order valence-electron chi connectivity index (χ0n) is 36.9. The molecule has 0 amide bonds. The lowest BCUT2D eigenvalue weighted by Crippen LogP contribution is -2.81. The Bertz CT molecular complexity index is 3160. The Labute approximate surface area is 412 Å². The highest BCUT2D eigenvalue weighted by atomic mass is 31.2. The van der Waals surface area contributed by atoms with Gasteiger partial charge in [-0.1, -0.05) is 66.7 Å². The van der Waals surface area contributed by atoms with Crippen molar-refractivity contribution < 1.29 is 97.5 Å². The zero-order valence-corrected chi connectivity index (χ0v) is 37.8. The topological polar surface area (TPSA) is 60.2 Å². The normalized spacial score (nSPS) is 11.6. The number of benzene rings is 8. The Hall–Kier alpha value is -8.08. The number of nitrogens with zero attached hydrogens (tertiary/aromatic N) is 1. The van der Waals surface area contributed by atoms with Gasteiger partial charge in [0.1, 0.15) is 82.0 Å². The summed E-state index contributed by atoms with van der Waals surface area (Å²) in [5.41, 5.74) is -14.0. The lowest BCUT2D eigenvalue weighted by atomic mass is 9.12. The van der Waals surface area contributed by atoms with Gasteiger partial charge in [-0.3, -0.25) is 14.9 Å². The third kappa shape index (κ3) is 8.88. The molecule has 0 saturated heterocycles. The predicted octanol–water partition coefficient (Wildman–Crippen LogP) is 10.6. The van der Waals surface area contributed by atoms with E-state index in [0.717, 1.165) is 15.9 Å². The minimum atomic E-state index is -7.22. The maximum atomic E-state index is 15.4. The highest BCUT2D eigenvalue weighted by Crippen LogP contribution is 2.55. The van der Waals surface area contributed by atoms with Gasteiger partial charge >= 0.3 is 0 Å². The standard InChI is InChI=1S/C26H21NO3P.C24BF20/c28-26(21-11-10-12-22(19-21)27(29)30)20-31(23-13-4-1-5-14-23,24-15-6-2-7-16-24)25-17-8-3-9-18-25;26-5-1(6(27)14(35)21(42)13(5)34)25(2-7(28)15(36)22(43)16(37)8(2)29,3-9(30)17(38)23(44)18(39)10(3)31)4-11(32)19(40)24(45)20(41)12(4)33/h1-19H,20H2;/q+1;-1. The first-order valence-electron chi connectivity index (χ1n) is 20.9. The molecule has 0 bridgehead atoms.